The van der Waals surface area contributed by atoms with Crippen LogP contribution in [0.2, 0.25) is 0 Å². The number of carbonyl (C=O) groups excluding carboxylic acids is 3. The number of rotatable bonds is 8. The molecular weight excluding hydrogens is 346 g/mol. The van der Waals surface area contributed by atoms with Crippen molar-refractivity contribution in [3.05, 3.63) is 71.8 Å². The molecule has 4 N–H and O–H groups in total. The van der Waals surface area contributed by atoms with Crippen molar-refractivity contribution in [2.45, 2.75) is 32.0 Å². The Bertz CT molecular complexity index is 765. The number of primary amides is 1. The fourth-order valence-corrected chi connectivity index (χ4v) is 2.38. The predicted octanol–water partition coefficient (Wildman–Crippen LogP) is 1.51. The second kappa shape index (κ2) is 9.96. The second-order valence-corrected chi connectivity index (χ2v) is 6.08. The standard InChI is InChI=1S/C20H23N3O4/c1-14(22-20(26)27-13-16-10-6-3-7-11-16)19(25)23-17(18(21)24)12-15-8-4-2-5-9-15/h2-11,14,17H,12-13H2,1H3,(H2,21,24)(H,22,26)(H,23,25)/t14-,17-/m0/s1. The van der Waals surface area contributed by atoms with Gasteiger partial charge in [0.15, 0.2) is 0 Å². The van der Waals surface area contributed by atoms with Crippen LogP contribution in [0.1, 0.15) is 18.1 Å². The van der Waals surface area contributed by atoms with Crippen LogP contribution in [0, 0.1) is 0 Å². The molecule has 2 aromatic carbocycles. The van der Waals surface area contributed by atoms with E-state index in [1.807, 2.05) is 60.7 Å². The summed E-state index contributed by atoms with van der Waals surface area (Å²) in [6.45, 7) is 1.60. The van der Waals surface area contributed by atoms with E-state index in [2.05, 4.69) is 10.6 Å². The number of hydrogen-bond donors (Lipinski definition) is 3. The van der Waals surface area contributed by atoms with Gasteiger partial charge in [-0.15, -0.1) is 0 Å². The Morgan fingerprint density at radius 3 is 2.04 bits per heavy atom. The highest BCUT2D eigenvalue weighted by Crippen LogP contribution is 2.04. The van der Waals surface area contributed by atoms with Crippen molar-refractivity contribution < 1.29 is 19.1 Å². The fraction of sp³-hybridized carbons (Fsp3) is 0.250. The molecule has 0 radical (unpaired) electrons. The summed E-state index contributed by atoms with van der Waals surface area (Å²) < 4.78 is 5.08. The van der Waals surface area contributed by atoms with Crippen LogP contribution in [0.4, 0.5) is 4.79 Å². The van der Waals surface area contributed by atoms with Gasteiger partial charge in [0.1, 0.15) is 18.7 Å². The van der Waals surface area contributed by atoms with Crippen LogP contribution in [0.25, 0.3) is 0 Å². The van der Waals surface area contributed by atoms with Crippen LogP contribution < -0.4 is 16.4 Å². The minimum Gasteiger partial charge on any atom is -0.445 e. The van der Waals surface area contributed by atoms with E-state index in [0.29, 0.717) is 0 Å². The summed E-state index contributed by atoms with van der Waals surface area (Å²) in [5.74, 6) is -1.17. The summed E-state index contributed by atoms with van der Waals surface area (Å²) in [4.78, 5) is 35.7. The maximum atomic E-state index is 12.3. The van der Waals surface area contributed by atoms with Crippen molar-refractivity contribution in [2.75, 3.05) is 0 Å². The van der Waals surface area contributed by atoms with Gasteiger partial charge < -0.3 is 21.1 Å². The molecule has 27 heavy (non-hydrogen) atoms. The van der Waals surface area contributed by atoms with E-state index in [1.165, 1.54) is 6.92 Å². The quantitative estimate of drug-likeness (QED) is 0.655. The Hall–Kier alpha value is -3.35. The molecule has 142 valence electrons. The molecule has 0 heterocycles. The molecule has 2 rings (SSSR count). The second-order valence-electron chi connectivity index (χ2n) is 6.08. The molecule has 7 nitrogen and oxygen atoms in total. The zero-order valence-corrected chi connectivity index (χ0v) is 15.1. The van der Waals surface area contributed by atoms with Crippen molar-refractivity contribution in [1.82, 2.24) is 10.6 Å². The normalized spacial score (nSPS) is 12.5. The molecule has 0 spiro atoms. The van der Waals surface area contributed by atoms with E-state index in [4.69, 9.17) is 10.5 Å². The topological polar surface area (TPSA) is 111 Å². The molecule has 0 fully saturated rings. The van der Waals surface area contributed by atoms with E-state index in [-0.39, 0.29) is 13.0 Å². The average molecular weight is 369 g/mol. The molecule has 3 amide bonds. The Morgan fingerprint density at radius 1 is 0.926 bits per heavy atom. The monoisotopic (exact) mass is 369 g/mol. The summed E-state index contributed by atoms with van der Waals surface area (Å²) in [6, 6.07) is 16.6. The molecule has 2 aromatic rings. The third-order valence-corrected chi connectivity index (χ3v) is 3.88. The van der Waals surface area contributed by atoms with Crippen molar-refractivity contribution in [2.24, 2.45) is 5.73 Å². The third-order valence-electron chi connectivity index (χ3n) is 3.88. The lowest BCUT2D eigenvalue weighted by Crippen LogP contribution is -2.52. The number of hydrogen-bond acceptors (Lipinski definition) is 4. The molecule has 0 saturated heterocycles. The van der Waals surface area contributed by atoms with Crippen LogP contribution >= 0.6 is 0 Å². The lowest BCUT2D eigenvalue weighted by Gasteiger charge is -2.19. The van der Waals surface area contributed by atoms with Gasteiger partial charge in [-0.3, -0.25) is 9.59 Å². The van der Waals surface area contributed by atoms with Gasteiger partial charge in [0.2, 0.25) is 11.8 Å². The van der Waals surface area contributed by atoms with Gasteiger partial charge in [0.25, 0.3) is 0 Å². The van der Waals surface area contributed by atoms with Gasteiger partial charge in [0.05, 0.1) is 0 Å². The van der Waals surface area contributed by atoms with E-state index in [0.717, 1.165) is 11.1 Å². The molecule has 2 atom stereocenters. The van der Waals surface area contributed by atoms with Crippen molar-refractivity contribution in [3.63, 3.8) is 0 Å². The first kappa shape index (κ1) is 20.0. The van der Waals surface area contributed by atoms with Gasteiger partial charge in [0, 0.05) is 6.42 Å². The number of ether oxygens (including phenoxy) is 1. The van der Waals surface area contributed by atoms with Crippen LogP contribution in [0.5, 0.6) is 0 Å². The first-order valence-corrected chi connectivity index (χ1v) is 8.56. The largest absolute Gasteiger partial charge is 0.445 e. The Balaban J connectivity index is 1.83. The molecule has 0 aliphatic carbocycles. The summed E-state index contributed by atoms with van der Waals surface area (Å²) in [6.07, 6.45) is -0.451. The fourth-order valence-electron chi connectivity index (χ4n) is 2.38. The van der Waals surface area contributed by atoms with E-state index in [9.17, 15) is 14.4 Å². The number of amides is 3. The average Bonchev–Trinajstić information content (AvgIpc) is 2.67. The first-order valence-electron chi connectivity index (χ1n) is 8.56. The van der Waals surface area contributed by atoms with E-state index in [1.54, 1.807) is 0 Å². The summed E-state index contributed by atoms with van der Waals surface area (Å²) in [5.41, 5.74) is 7.08. The maximum Gasteiger partial charge on any atom is 0.408 e. The van der Waals surface area contributed by atoms with Crippen molar-refractivity contribution in [1.29, 1.82) is 0 Å². The smallest absolute Gasteiger partial charge is 0.408 e. The third kappa shape index (κ3) is 6.81. The molecule has 7 heteroatoms. The molecule has 0 unspecified atom stereocenters. The van der Waals surface area contributed by atoms with Crippen molar-refractivity contribution in [3.8, 4) is 0 Å². The van der Waals surface area contributed by atoms with Crippen LogP contribution in [-0.2, 0) is 27.4 Å². The number of benzene rings is 2. The number of nitrogens with two attached hydrogens (primary N) is 1. The van der Waals surface area contributed by atoms with Crippen LogP contribution in [0.3, 0.4) is 0 Å². The zero-order chi connectivity index (χ0) is 19.6. The SMILES string of the molecule is C[C@H](NC(=O)OCc1ccccc1)C(=O)N[C@@H](Cc1ccccc1)C(N)=O. The molecule has 0 saturated carbocycles. The summed E-state index contributed by atoms with van der Waals surface area (Å²) in [5, 5.41) is 4.99. The number of alkyl carbamates (subject to hydrolysis) is 1. The predicted molar refractivity (Wildman–Crippen MR) is 100 cm³/mol. The molecule has 0 aromatic heterocycles. The summed E-state index contributed by atoms with van der Waals surface area (Å²) >= 11 is 0. The lowest BCUT2D eigenvalue weighted by molar-refractivity contribution is -0.128. The van der Waals surface area contributed by atoms with Crippen molar-refractivity contribution >= 4 is 17.9 Å². The first-order chi connectivity index (χ1) is 13.0. The minimum atomic E-state index is -0.883. The Morgan fingerprint density at radius 2 is 1.48 bits per heavy atom. The maximum absolute atomic E-state index is 12.3. The molecule has 0 aliphatic heterocycles. The van der Waals surface area contributed by atoms with Gasteiger partial charge in [-0.2, -0.15) is 0 Å². The molecule has 0 bridgehead atoms. The highest BCUT2D eigenvalue weighted by molar-refractivity contribution is 5.90. The van der Waals surface area contributed by atoms with E-state index < -0.39 is 30.0 Å². The van der Waals surface area contributed by atoms with Gasteiger partial charge in [-0.1, -0.05) is 60.7 Å². The molecular formula is C20H23N3O4. The lowest BCUT2D eigenvalue weighted by atomic mass is 10.1. The number of nitrogens with one attached hydrogen (secondary N) is 2. The van der Waals surface area contributed by atoms with E-state index >= 15 is 0 Å². The van der Waals surface area contributed by atoms with Gasteiger partial charge >= 0.3 is 6.09 Å². The van der Waals surface area contributed by atoms with Crippen LogP contribution in [-0.4, -0.2) is 30.0 Å². The Labute approximate surface area is 157 Å². The van der Waals surface area contributed by atoms with Gasteiger partial charge in [-0.05, 0) is 18.1 Å². The minimum absolute atomic E-state index is 0.0962. The highest BCUT2D eigenvalue weighted by Gasteiger charge is 2.23. The summed E-state index contributed by atoms with van der Waals surface area (Å²) in [7, 11) is 0. The molecule has 0 aliphatic rings. The van der Waals surface area contributed by atoms with Crippen LogP contribution in [0.15, 0.2) is 60.7 Å². The zero-order valence-electron chi connectivity index (χ0n) is 15.1. The van der Waals surface area contributed by atoms with Gasteiger partial charge in [-0.25, -0.2) is 4.79 Å². The highest BCUT2D eigenvalue weighted by atomic mass is 16.5. The Kier molecular flexibility index (Phi) is 7.37. The number of carbonyl (C=O) groups is 3.